The smallest absolute Gasteiger partial charge is 0.338 e. The Labute approximate surface area is 183 Å². The van der Waals surface area contributed by atoms with Gasteiger partial charge in [0, 0.05) is 14.1 Å². The molecule has 7 nitrogen and oxygen atoms in total. The first-order valence-electron chi connectivity index (χ1n) is 10.3. The number of benzene rings is 2. The number of ether oxygens (including phenoxy) is 1. The third kappa shape index (κ3) is 5.51. The summed E-state index contributed by atoms with van der Waals surface area (Å²) in [5.41, 5.74) is 3.80. The Bertz CT molecular complexity index is 1080. The molecule has 0 fully saturated rings. The highest BCUT2D eigenvalue weighted by molar-refractivity contribution is 7.89. The Morgan fingerprint density at radius 3 is 2.48 bits per heavy atom. The number of nitrogens with one attached hydrogen (secondary N) is 1. The van der Waals surface area contributed by atoms with Crippen molar-refractivity contribution in [3.05, 3.63) is 64.7 Å². The minimum absolute atomic E-state index is 0.0163. The standard InChI is InChI=1S/C23H28N2O5S/c1-16(18-12-11-17-7-4-5-8-19(17)13-18)24-22(26)15-30-23(27)20-9-6-10-21(14-20)31(28,29)25(2)3/h6,9-14,16H,4-5,7-8,15H2,1-3H3,(H,24,26). The van der Waals surface area contributed by atoms with Gasteiger partial charge in [-0.25, -0.2) is 17.5 Å². The van der Waals surface area contributed by atoms with Crippen molar-refractivity contribution in [2.24, 2.45) is 0 Å². The largest absolute Gasteiger partial charge is 0.452 e. The zero-order valence-corrected chi connectivity index (χ0v) is 18.9. The maximum absolute atomic E-state index is 12.3. The molecule has 0 radical (unpaired) electrons. The molecule has 1 atom stereocenters. The molecule has 0 spiro atoms. The van der Waals surface area contributed by atoms with Crippen molar-refractivity contribution < 1.29 is 22.7 Å². The number of fused-ring (bicyclic) bond motifs is 1. The van der Waals surface area contributed by atoms with Gasteiger partial charge in [0.15, 0.2) is 6.61 Å². The van der Waals surface area contributed by atoms with E-state index in [9.17, 15) is 18.0 Å². The van der Waals surface area contributed by atoms with Crippen LogP contribution in [0.4, 0.5) is 0 Å². The third-order valence-electron chi connectivity index (χ3n) is 5.43. The topological polar surface area (TPSA) is 92.8 Å². The van der Waals surface area contributed by atoms with Gasteiger partial charge < -0.3 is 10.1 Å². The SMILES string of the molecule is CC(NC(=O)COC(=O)c1cccc(S(=O)(=O)N(C)C)c1)c1ccc2c(c1)CCCC2. The summed E-state index contributed by atoms with van der Waals surface area (Å²) in [6.07, 6.45) is 4.56. The van der Waals surface area contributed by atoms with Gasteiger partial charge in [0.05, 0.1) is 16.5 Å². The highest BCUT2D eigenvalue weighted by Crippen LogP contribution is 2.24. The molecule has 0 saturated carbocycles. The number of amides is 1. The molecule has 1 N–H and O–H groups in total. The zero-order valence-electron chi connectivity index (χ0n) is 18.1. The van der Waals surface area contributed by atoms with Gasteiger partial charge in [-0.15, -0.1) is 0 Å². The molecule has 166 valence electrons. The second-order valence-corrected chi connectivity index (χ2v) is 10.1. The number of aryl methyl sites for hydroxylation is 2. The van der Waals surface area contributed by atoms with Crippen LogP contribution in [0.1, 0.15) is 52.9 Å². The number of hydrogen-bond acceptors (Lipinski definition) is 5. The molecule has 1 aliphatic carbocycles. The summed E-state index contributed by atoms with van der Waals surface area (Å²) in [4.78, 5) is 24.6. The summed E-state index contributed by atoms with van der Waals surface area (Å²) in [6.45, 7) is 1.44. The molecule has 0 aromatic heterocycles. The van der Waals surface area contributed by atoms with Crippen LogP contribution >= 0.6 is 0 Å². The van der Waals surface area contributed by atoms with Crippen molar-refractivity contribution in [2.45, 2.75) is 43.5 Å². The molecule has 2 aromatic rings. The first kappa shape index (κ1) is 23.0. The van der Waals surface area contributed by atoms with Crippen LogP contribution < -0.4 is 5.32 Å². The highest BCUT2D eigenvalue weighted by atomic mass is 32.2. The van der Waals surface area contributed by atoms with E-state index in [0.29, 0.717) is 0 Å². The van der Waals surface area contributed by atoms with Crippen LogP contribution in [0.5, 0.6) is 0 Å². The minimum Gasteiger partial charge on any atom is -0.452 e. The maximum atomic E-state index is 12.3. The molecule has 2 aromatic carbocycles. The van der Waals surface area contributed by atoms with E-state index in [-0.39, 0.29) is 16.5 Å². The number of hydrogen-bond donors (Lipinski definition) is 1. The molecular weight excluding hydrogens is 416 g/mol. The van der Waals surface area contributed by atoms with Gasteiger partial charge in [-0.2, -0.15) is 0 Å². The Hall–Kier alpha value is -2.71. The highest BCUT2D eigenvalue weighted by Gasteiger charge is 2.20. The predicted molar refractivity (Wildman–Crippen MR) is 117 cm³/mol. The summed E-state index contributed by atoms with van der Waals surface area (Å²) in [5, 5.41) is 2.84. The quantitative estimate of drug-likeness (QED) is 0.663. The lowest BCUT2D eigenvalue weighted by Crippen LogP contribution is -2.31. The molecule has 1 aliphatic rings. The maximum Gasteiger partial charge on any atom is 0.338 e. The molecule has 0 saturated heterocycles. The van der Waals surface area contributed by atoms with Gasteiger partial charge >= 0.3 is 5.97 Å². The molecule has 31 heavy (non-hydrogen) atoms. The molecule has 0 heterocycles. The Morgan fingerprint density at radius 2 is 1.77 bits per heavy atom. The van der Waals surface area contributed by atoms with Crippen LogP contribution in [0.2, 0.25) is 0 Å². The van der Waals surface area contributed by atoms with Crippen LogP contribution in [0.15, 0.2) is 47.4 Å². The van der Waals surface area contributed by atoms with Crippen LogP contribution in [0.3, 0.4) is 0 Å². The molecule has 3 rings (SSSR count). The zero-order chi connectivity index (χ0) is 22.6. The summed E-state index contributed by atoms with van der Waals surface area (Å²) < 4.78 is 30.6. The van der Waals surface area contributed by atoms with E-state index < -0.39 is 28.5 Å². The van der Waals surface area contributed by atoms with Gasteiger partial charge in [-0.3, -0.25) is 4.79 Å². The predicted octanol–water partition coefficient (Wildman–Crippen LogP) is 2.85. The number of nitrogens with zero attached hydrogens (tertiary/aromatic N) is 1. The lowest BCUT2D eigenvalue weighted by molar-refractivity contribution is -0.124. The fourth-order valence-electron chi connectivity index (χ4n) is 3.60. The van der Waals surface area contributed by atoms with E-state index in [2.05, 4.69) is 17.4 Å². The van der Waals surface area contributed by atoms with E-state index in [1.54, 1.807) is 0 Å². The van der Waals surface area contributed by atoms with Crippen molar-refractivity contribution in [1.82, 2.24) is 9.62 Å². The van der Waals surface area contributed by atoms with E-state index in [0.717, 1.165) is 22.7 Å². The first-order chi connectivity index (χ1) is 14.7. The first-order valence-corrected chi connectivity index (χ1v) is 11.7. The van der Waals surface area contributed by atoms with Crippen LogP contribution in [0, 0.1) is 0 Å². The Balaban J connectivity index is 1.58. The van der Waals surface area contributed by atoms with Gasteiger partial charge in [-0.05, 0) is 67.5 Å². The molecule has 1 unspecified atom stereocenters. The average Bonchev–Trinajstić information content (AvgIpc) is 2.77. The molecular formula is C23H28N2O5S. The lowest BCUT2D eigenvalue weighted by atomic mass is 9.89. The van der Waals surface area contributed by atoms with Crippen LogP contribution in [-0.2, 0) is 32.4 Å². The number of esters is 1. The second kappa shape index (κ2) is 9.62. The van der Waals surface area contributed by atoms with Crippen LogP contribution in [-0.4, -0.2) is 45.3 Å². The van der Waals surface area contributed by atoms with Crippen molar-refractivity contribution in [1.29, 1.82) is 0 Å². The molecule has 0 bridgehead atoms. The summed E-state index contributed by atoms with van der Waals surface area (Å²) >= 11 is 0. The minimum atomic E-state index is -3.67. The number of sulfonamides is 1. The van der Waals surface area contributed by atoms with Crippen molar-refractivity contribution in [3.63, 3.8) is 0 Å². The summed E-state index contributed by atoms with van der Waals surface area (Å²) in [5.74, 6) is -1.18. The molecule has 0 aliphatic heterocycles. The monoisotopic (exact) mass is 444 g/mol. The number of rotatable bonds is 7. The third-order valence-corrected chi connectivity index (χ3v) is 7.24. The fourth-order valence-corrected chi connectivity index (χ4v) is 4.55. The van der Waals surface area contributed by atoms with Crippen molar-refractivity contribution in [2.75, 3.05) is 20.7 Å². The number of carbonyl (C=O) groups is 2. The summed E-state index contributed by atoms with van der Waals surface area (Å²) in [6, 6.07) is 11.6. The molecule has 8 heteroatoms. The van der Waals surface area contributed by atoms with E-state index in [1.165, 1.54) is 62.3 Å². The fraction of sp³-hybridized carbons (Fsp3) is 0.391. The summed E-state index contributed by atoms with van der Waals surface area (Å²) in [7, 11) is -0.849. The van der Waals surface area contributed by atoms with Gasteiger partial charge in [0.25, 0.3) is 5.91 Å². The molecule has 1 amide bonds. The van der Waals surface area contributed by atoms with Crippen molar-refractivity contribution in [3.8, 4) is 0 Å². The van der Waals surface area contributed by atoms with Crippen molar-refractivity contribution >= 4 is 21.9 Å². The van der Waals surface area contributed by atoms with E-state index >= 15 is 0 Å². The van der Waals surface area contributed by atoms with Gasteiger partial charge in [0.2, 0.25) is 10.0 Å². The normalized spacial score (nSPS) is 14.6. The Kier molecular flexibility index (Phi) is 7.12. The second-order valence-electron chi connectivity index (χ2n) is 7.92. The van der Waals surface area contributed by atoms with Gasteiger partial charge in [0.1, 0.15) is 0 Å². The van der Waals surface area contributed by atoms with E-state index in [4.69, 9.17) is 4.74 Å². The average molecular weight is 445 g/mol. The van der Waals surface area contributed by atoms with E-state index in [1.807, 2.05) is 13.0 Å². The number of carbonyl (C=O) groups excluding carboxylic acids is 2. The Morgan fingerprint density at radius 1 is 1.06 bits per heavy atom. The lowest BCUT2D eigenvalue weighted by Gasteiger charge is -2.20. The van der Waals surface area contributed by atoms with Crippen LogP contribution in [0.25, 0.3) is 0 Å². The van der Waals surface area contributed by atoms with Gasteiger partial charge in [-0.1, -0.05) is 24.3 Å².